The number of nitrogens with zero attached hydrogens (tertiary/aromatic N) is 5. The average molecular weight is 564 g/mol. The quantitative estimate of drug-likeness (QED) is 0.156. The van der Waals surface area contributed by atoms with Gasteiger partial charge in [-0.1, -0.05) is 31.5 Å². The Kier molecular flexibility index (Phi) is 11.4. The third-order valence-electron chi connectivity index (χ3n) is 6.47. The van der Waals surface area contributed by atoms with E-state index in [4.69, 9.17) is 4.99 Å². The largest absolute Gasteiger partial charge is 0.357 e. The average Bonchev–Trinajstić information content (AvgIpc) is 3.45. The summed E-state index contributed by atoms with van der Waals surface area (Å²) in [7, 11) is 0. The van der Waals surface area contributed by atoms with Crippen LogP contribution < -0.4 is 10.6 Å². The van der Waals surface area contributed by atoms with E-state index in [9.17, 15) is 0 Å². The van der Waals surface area contributed by atoms with E-state index in [2.05, 4.69) is 64.2 Å². The molecule has 0 amide bonds. The lowest BCUT2D eigenvalue weighted by molar-refractivity contribution is 0.265. The second-order valence-electron chi connectivity index (χ2n) is 9.05. The number of hydrogen-bond acceptors (Lipinski definition) is 5. The van der Waals surface area contributed by atoms with Crippen LogP contribution in [0, 0.1) is 5.92 Å². The van der Waals surface area contributed by atoms with Crippen LogP contribution in [0.4, 0.5) is 0 Å². The maximum absolute atomic E-state index is 4.86. The number of likely N-dealkylation sites (tertiary alicyclic amines) is 1. The summed E-state index contributed by atoms with van der Waals surface area (Å²) in [4.78, 5) is 7.41. The lowest BCUT2D eigenvalue weighted by atomic mass is 10.1. The van der Waals surface area contributed by atoms with Gasteiger partial charge in [-0.2, -0.15) is 0 Å². The van der Waals surface area contributed by atoms with E-state index in [1.807, 2.05) is 0 Å². The fourth-order valence-electron chi connectivity index (χ4n) is 4.68. The van der Waals surface area contributed by atoms with Gasteiger partial charge in [0.05, 0.1) is 0 Å². The first-order chi connectivity index (χ1) is 14.5. The van der Waals surface area contributed by atoms with Gasteiger partial charge >= 0.3 is 0 Å². The highest BCUT2D eigenvalue weighted by atomic mass is 127. The van der Waals surface area contributed by atoms with Gasteiger partial charge in [-0.25, -0.2) is 0 Å². The monoisotopic (exact) mass is 563 g/mol. The molecule has 2 aliphatic rings. The number of aryl methyl sites for hydroxylation is 1. The standard InChI is InChI=1S/C22H41N7S.HI/c1-6-23-21(25-19-15-28(16(2)3)14-17(19)4)24-13-9-12-20-26-27-22(30-5)29(20)18-10-7-8-11-18;/h16-19H,6-15H2,1-5H3,(H2,23,24,25);1H. The Morgan fingerprint density at radius 3 is 2.58 bits per heavy atom. The highest BCUT2D eigenvalue weighted by Crippen LogP contribution is 2.33. The van der Waals surface area contributed by atoms with Crippen molar-refractivity contribution in [1.29, 1.82) is 0 Å². The highest BCUT2D eigenvalue weighted by Gasteiger charge is 2.31. The summed E-state index contributed by atoms with van der Waals surface area (Å²) in [5.74, 6) is 2.71. The molecule has 9 heteroatoms. The maximum Gasteiger partial charge on any atom is 0.191 e. The van der Waals surface area contributed by atoms with Gasteiger partial charge in [0.1, 0.15) is 5.82 Å². The number of nitrogens with one attached hydrogen (secondary N) is 2. The summed E-state index contributed by atoms with van der Waals surface area (Å²) in [6.07, 6.45) is 9.21. The number of aromatic nitrogens is 3. The minimum atomic E-state index is 0. The lowest BCUT2D eigenvalue weighted by Crippen LogP contribution is -2.46. The molecule has 1 aliphatic carbocycles. The second-order valence-corrected chi connectivity index (χ2v) is 9.82. The Morgan fingerprint density at radius 2 is 1.97 bits per heavy atom. The Morgan fingerprint density at radius 1 is 1.23 bits per heavy atom. The zero-order chi connectivity index (χ0) is 21.5. The molecule has 3 rings (SSSR count). The zero-order valence-corrected chi connectivity index (χ0v) is 23.1. The van der Waals surface area contributed by atoms with Gasteiger partial charge in [-0.05, 0) is 52.2 Å². The first kappa shape index (κ1) is 26.7. The molecule has 0 bridgehead atoms. The molecule has 0 aromatic carbocycles. The molecule has 2 atom stereocenters. The molecule has 0 spiro atoms. The third kappa shape index (κ3) is 7.22. The number of guanidine groups is 1. The highest BCUT2D eigenvalue weighted by molar-refractivity contribution is 14.0. The molecule has 2 unspecified atom stereocenters. The molecule has 1 saturated heterocycles. The van der Waals surface area contributed by atoms with E-state index >= 15 is 0 Å². The van der Waals surface area contributed by atoms with Crippen LogP contribution in [0.25, 0.3) is 0 Å². The molecule has 2 N–H and O–H groups in total. The molecule has 2 heterocycles. The first-order valence-corrected chi connectivity index (χ1v) is 13.0. The Balaban J connectivity index is 0.00000341. The van der Waals surface area contributed by atoms with Crippen molar-refractivity contribution < 1.29 is 0 Å². The van der Waals surface area contributed by atoms with Gasteiger partial charge in [0.25, 0.3) is 0 Å². The molecule has 178 valence electrons. The van der Waals surface area contributed by atoms with E-state index < -0.39 is 0 Å². The van der Waals surface area contributed by atoms with Crippen LogP contribution in [-0.4, -0.2) is 70.1 Å². The summed E-state index contributed by atoms with van der Waals surface area (Å²) in [5, 5.41) is 17.1. The predicted octanol–water partition coefficient (Wildman–Crippen LogP) is 3.95. The van der Waals surface area contributed by atoms with Gasteiger partial charge in [0.2, 0.25) is 0 Å². The minimum absolute atomic E-state index is 0. The van der Waals surface area contributed by atoms with Gasteiger partial charge in [0, 0.05) is 50.7 Å². The molecule has 1 saturated carbocycles. The molecule has 1 aliphatic heterocycles. The Labute approximate surface area is 210 Å². The van der Waals surface area contributed by atoms with Crippen LogP contribution in [0.2, 0.25) is 0 Å². The fraction of sp³-hybridized carbons (Fsp3) is 0.864. The van der Waals surface area contributed by atoms with E-state index in [1.54, 1.807) is 11.8 Å². The number of rotatable bonds is 9. The second kappa shape index (κ2) is 13.2. The molecule has 31 heavy (non-hydrogen) atoms. The molecular formula is C22H42IN7S. The molecule has 1 aromatic heterocycles. The van der Waals surface area contributed by atoms with Gasteiger partial charge < -0.3 is 15.2 Å². The van der Waals surface area contributed by atoms with Crippen LogP contribution >= 0.6 is 35.7 Å². The molecule has 7 nitrogen and oxygen atoms in total. The fourth-order valence-corrected chi connectivity index (χ4v) is 5.26. The van der Waals surface area contributed by atoms with Crippen molar-refractivity contribution >= 4 is 41.7 Å². The van der Waals surface area contributed by atoms with E-state index in [0.717, 1.165) is 56.0 Å². The summed E-state index contributed by atoms with van der Waals surface area (Å²) in [6.45, 7) is 13.0. The van der Waals surface area contributed by atoms with Gasteiger partial charge in [-0.3, -0.25) is 9.89 Å². The van der Waals surface area contributed by atoms with Crippen molar-refractivity contribution in [3.8, 4) is 0 Å². The van der Waals surface area contributed by atoms with Crippen LogP contribution in [0.1, 0.15) is 71.7 Å². The predicted molar refractivity (Wildman–Crippen MR) is 142 cm³/mol. The summed E-state index contributed by atoms with van der Waals surface area (Å²) in [6, 6.07) is 1.65. The summed E-state index contributed by atoms with van der Waals surface area (Å²) >= 11 is 1.71. The topological polar surface area (TPSA) is 70.4 Å². The van der Waals surface area contributed by atoms with E-state index in [-0.39, 0.29) is 24.0 Å². The molecule has 1 aromatic rings. The van der Waals surface area contributed by atoms with Crippen LogP contribution in [-0.2, 0) is 6.42 Å². The van der Waals surface area contributed by atoms with Crippen molar-refractivity contribution in [3.05, 3.63) is 5.82 Å². The molecule has 2 fully saturated rings. The lowest BCUT2D eigenvalue weighted by Gasteiger charge is -2.22. The molecular weight excluding hydrogens is 521 g/mol. The van der Waals surface area contributed by atoms with Crippen LogP contribution in [0.3, 0.4) is 0 Å². The van der Waals surface area contributed by atoms with E-state index in [0.29, 0.717) is 24.0 Å². The summed E-state index contributed by atoms with van der Waals surface area (Å²) in [5.41, 5.74) is 0. The summed E-state index contributed by atoms with van der Waals surface area (Å²) < 4.78 is 2.41. The number of hydrogen-bond donors (Lipinski definition) is 2. The van der Waals surface area contributed by atoms with Crippen molar-refractivity contribution in [2.75, 3.05) is 32.4 Å². The number of thioether (sulfide) groups is 1. The van der Waals surface area contributed by atoms with E-state index in [1.165, 1.54) is 25.7 Å². The minimum Gasteiger partial charge on any atom is -0.357 e. The van der Waals surface area contributed by atoms with Crippen molar-refractivity contribution in [1.82, 2.24) is 30.3 Å². The smallest absolute Gasteiger partial charge is 0.191 e. The molecule has 0 radical (unpaired) electrons. The number of halogens is 1. The van der Waals surface area contributed by atoms with Gasteiger partial charge in [0.15, 0.2) is 11.1 Å². The van der Waals surface area contributed by atoms with Crippen molar-refractivity contribution in [2.24, 2.45) is 10.9 Å². The SMILES string of the molecule is CCNC(=NCCCc1nnc(SC)n1C1CCCC1)NC1CN(C(C)C)CC1C.I. The van der Waals surface area contributed by atoms with Crippen molar-refractivity contribution in [3.63, 3.8) is 0 Å². The third-order valence-corrected chi connectivity index (χ3v) is 7.12. The van der Waals surface area contributed by atoms with Crippen LogP contribution in [0.15, 0.2) is 10.1 Å². The Bertz CT molecular complexity index is 687. The zero-order valence-electron chi connectivity index (χ0n) is 19.9. The maximum atomic E-state index is 4.86. The van der Waals surface area contributed by atoms with Gasteiger partial charge in [-0.15, -0.1) is 34.2 Å². The number of aliphatic imine (C=N–C) groups is 1. The van der Waals surface area contributed by atoms with Crippen molar-refractivity contribution in [2.45, 2.75) is 89.5 Å². The normalized spacial score (nSPS) is 22.8. The Hall–Kier alpha value is -0.550. The van der Waals surface area contributed by atoms with Crippen LogP contribution in [0.5, 0.6) is 0 Å². The first-order valence-electron chi connectivity index (χ1n) is 11.8.